The number of carbonyl (C=O) groups is 1. The highest BCUT2D eigenvalue weighted by Crippen LogP contribution is 2.31. The molecule has 5 heteroatoms. The van der Waals surface area contributed by atoms with Gasteiger partial charge in [0, 0.05) is 36.9 Å². The Hall–Kier alpha value is -1.52. The second kappa shape index (κ2) is 5.70. The zero-order valence-electron chi connectivity index (χ0n) is 14.0. The monoisotopic (exact) mass is 293 g/mol. The van der Waals surface area contributed by atoms with Gasteiger partial charge in [-0.2, -0.15) is 0 Å². The van der Waals surface area contributed by atoms with Crippen LogP contribution in [0.2, 0.25) is 0 Å². The van der Waals surface area contributed by atoms with E-state index in [4.69, 9.17) is 4.74 Å². The number of ether oxygens (including phenoxy) is 1. The zero-order chi connectivity index (χ0) is 15.8. The van der Waals surface area contributed by atoms with E-state index in [1.165, 1.54) is 5.69 Å². The summed E-state index contributed by atoms with van der Waals surface area (Å²) in [4.78, 5) is 18.0. The molecule has 0 radical (unpaired) electrons. The van der Waals surface area contributed by atoms with Crippen LogP contribution >= 0.6 is 0 Å². The third-order valence-electron chi connectivity index (χ3n) is 4.05. The minimum Gasteiger partial charge on any atom is -0.444 e. The number of aromatic nitrogens is 2. The van der Waals surface area contributed by atoms with E-state index >= 15 is 0 Å². The lowest BCUT2D eigenvalue weighted by Crippen LogP contribution is -2.50. The number of amides is 1. The van der Waals surface area contributed by atoms with Crippen molar-refractivity contribution in [3.05, 3.63) is 18.2 Å². The van der Waals surface area contributed by atoms with E-state index in [0.29, 0.717) is 31.0 Å². The lowest BCUT2D eigenvalue weighted by Gasteiger charge is -2.40. The molecule has 1 saturated heterocycles. The number of nitrogens with zero attached hydrogens (tertiary/aromatic N) is 3. The first-order valence-electron chi connectivity index (χ1n) is 7.68. The maximum atomic E-state index is 12.0. The molecule has 1 fully saturated rings. The maximum Gasteiger partial charge on any atom is 0.410 e. The molecule has 1 atom stereocenters. The smallest absolute Gasteiger partial charge is 0.410 e. The van der Waals surface area contributed by atoms with E-state index in [1.54, 1.807) is 4.90 Å². The summed E-state index contributed by atoms with van der Waals surface area (Å²) in [6, 6.07) is 0.415. The van der Waals surface area contributed by atoms with Crippen LogP contribution in [0.4, 0.5) is 4.79 Å². The van der Waals surface area contributed by atoms with Crippen molar-refractivity contribution in [2.24, 2.45) is 5.92 Å². The number of rotatable bonds is 3. The largest absolute Gasteiger partial charge is 0.444 e. The summed E-state index contributed by atoms with van der Waals surface area (Å²) in [5.41, 5.74) is 0.784. The van der Waals surface area contributed by atoms with Crippen LogP contribution in [0.15, 0.2) is 12.5 Å². The van der Waals surface area contributed by atoms with Crippen molar-refractivity contribution < 1.29 is 9.53 Å². The standard InChI is InChI=1S/C16H27N3O2/c1-11(2)12(3)19-10-17-7-14(19)13-8-18(9-13)15(20)21-16(4,5)6/h7,10-13H,8-9H2,1-6H3. The van der Waals surface area contributed by atoms with Crippen molar-refractivity contribution in [2.75, 3.05) is 13.1 Å². The maximum absolute atomic E-state index is 12.0. The van der Waals surface area contributed by atoms with E-state index in [9.17, 15) is 4.79 Å². The van der Waals surface area contributed by atoms with Crippen molar-refractivity contribution in [3.63, 3.8) is 0 Å². The van der Waals surface area contributed by atoms with Crippen LogP contribution in [-0.2, 0) is 4.74 Å². The highest BCUT2D eigenvalue weighted by atomic mass is 16.6. The molecule has 0 spiro atoms. The summed E-state index contributed by atoms with van der Waals surface area (Å²) >= 11 is 0. The topological polar surface area (TPSA) is 47.4 Å². The van der Waals surface area contributed by atoms with Gasteiger partial charge in [-0.05, 0) is 33.6 Å². The molecule has 1 aliphatic rings. The van der Waals surface area contributed by atoms with Gasteiger partial charge in [-0.1, -0.05) is 13.8 Å². The molecular formula is C16H27N3O2. The molecule has 1 aromatic heterocycles. The van der Waals surface area contributed by atoms with Gasteiger partial charge in [0.25, 0.3) is 0 Å². The van der Waals surface area contributed by atoms with Crippen molar-refractivity contribution >= 4 is 6.09 Å². The number of hydrogen-bond donors (Lipinski definition) is 0. The Balaban J connectivity index is 1.96. The van der Waals surface area contributed by atoms with Crippen molar-refractivity contribution in [2.45, 2.75) is 59.1 Å². The van der Waals surface area contributed by atoms with Crippen LogP contribution < -0.4 is 0 Å². The molecule has 1 aliphatic heterocycles. The summed E-state index contributed by atoms with van der Waals surface area (Å²) in [5.74, 6) is 0.918. The molecule has 5 nitrogen and oxygen atoms in total. The van der Waals surface area contributed by atoms with Crippen molar-refractivity contribution in [1.29, 1.82) is 0 Å². The molecular weight excluding hydrogens is 266 g/mol. The quantitative estimate of drug-likeness (QED) is 0.857. The van der Waals surface area contributed by atoms with E-state index < -0.39 is 5.60 Å². The minimum absolute atomic E-state index is 0.221. The van der Waals surface area contributed by atoms with Gasteiger partial charge >= 0.3 is 6.09 Å². The minimum atomic E-state index is -0.434. The number of carbonyl (C=O) groups excluding carboxylic acids is 1. The first-order valence-corrected chi connectivity index (χ1v) is 7.68. The summed E-state index contributed by atoms with van der Waals surface area (Å²) in [5, 5.41) is 0. The number of likely N-dealkylation sites (tertiary alicyclic amines) is 1. The van der Waals surface area contributed by atoms with E-state index in [-0.39, 0.29) is 6.09 Å². The van der Waals surface area contributed by atoms with Crippen LogP contribution in [0.5, 0.6) is 0 Å². The van der Waals surface area contributed by atoms with Gasteiger partial charge in [0.2, 0.25) is 0 Å². The Morgan fingerprint density at radius 2 is 1.95 bits per heavy atom. The van der Waals surface area contributed by atoms with E-state index in [2.05, 4.69) is 30.3 Å². The molecule has 21 heavy (non-hydrogen) atoms. The molecule has 118 valence electrons. The Morgan fingerprint density at radius 1 is 1.33 bits per heavy atom. The van der Waals surface area contributed by atoms with Crippen LogP contribution in [0, 0.1) is 5.92 Å². The van der Waals surface area contributed by atoms with Gasteiger partial charge in [-0.3, -0.25) is 0 Å². The van der Waals surface area contributed by atoms with Gasteiger partial charge in [-0.25, -0.2) is 9.78 Å². The van der Waals surface area contributed by atoms with Gasteiger partial charge in [0.15, 0.2) is 0 Å². The fraction of sp³-hybridized carbons (Fsp3) is 0.750. The molecule has 2 rings (SSSR count). The molecule has 1 aromatic rings. The van der Waals surface area contributed by atoms with Crippen LogP contribution in [0.1, 0.15) is 59.2 Å². The molecule has 0 bridgehead atoms. The Morgan fingerprint density at radius 3 is 2.48 bits per heavy atom. The third-order valence-corrected chi connectivity index (χ3v) is 4.05. The zero-order valence-corrected chi connectivity index (χ0v) is 14.0. The summed E-state index contributed by atoms with van der Waals surface area (Å²) in [6.45, 7) is 13.7. The SMILES string of the molecule is CC(C)C(C)n1cncc1C1CN(C(=O)OC(C)(C)C)C1. The van der Waals surface area contributed by atoms with E-state index in [1.807, 2.05) is 33.3 Å². The van der Waals surface area contributed by atoms with Gasteiger partial charge in [0.1, 0.15) is 5.60 Å². The average Bonchev–Trinajstić information content (AvgIpc) is 2.72. The lowest BCUT2D eigenvalue weighted by atomic mass is 9.96. The highest BCUT2D eigenvalue weighted by molar-refractivity contribution is 5.69. The molecule has 0 saturated carbocycles. The molecule has 1 amide bonds. The van der Waals surface area contributed by atoms with E-state index in [0.717, 1.165) is 0 Å². The lowest BCUT2D eigenvalue weighted by molar-refractivity contribution is 0.00744. The van der Waals surface area contributed by atoms with Crippen molar-refractivity contribution in [1.82, 2.24) is 14.5 Å². The van der Waals surface area contributed by atoms with Gasteiger partial charge < -0.3 is 14.2 Å². The fourth-order valence-corrected chi connectivity index (χ4v) is 2.43. The predicted octanol–water partition coefficient (Wildman–Crippen LogP) is 3.43. The fourth-order valence-electron chi connectivity index (χ4n) is 2.43. The summed E-state index contributed by atoms with van der Waals surface area (Å²) < 4.78 is 7.63. The second-order valence-electron chi connectivity index (χ2n) is 7.29. The highest BCUT2D eigenvalue weighted by Gasteiger charge is 2.36. The number of hydrogen-bond acceptors (Lipinski definition) is 3. The Kier molecular flexibility index (Phi) is 4.30. The normalized spacial score (nSPS) is 17.8. The first-order chi connectivity index (χ1) is 9.69. The van der Waals surface area contributed by atoms with Crippen LogP contribution in [-0.4, -0.2) is 39.2 Å². The Bertz CT molecular complexity index is 496. The third kappa shape index (κ3) is 3.57. The Labute approximate surface area is 127 Å². The number of imidazole rings is 1. The molecule has 0 aromatic carbocycles. The predicted molar refractivity (Wildman–Crippen MR) is 82.3 cm³/mol. The molecule has 1 unspecified atom stereocenters. The van der Waals surface area contributed by atoms with Gasteiger partial charge in [0.05, 0.1) is 6.33 Å². The van der Waals surface area contributed by atoms with Crippen LogP contribution in [0.3, 0.4) is 0 Å². The second-order valence-corrected chi connectivity index (χ2v) is 7.29. The van der Waals surface area contributed by atoms with Gasteiger partial charge in [-0.15, -0.1) is 0 Å². The van der Waals surface area contributed by atoms with Crippen molar-refractivity contribution in [3.8, 4) is 0 Å². The molecule has 2 heterocycles. The molecule has 0 aliphatic carbocycles. The first kappa shape index (κ1) is 15.9. The average molecular weight is 293 g/mol. The molecule has 0 N–H and O–H groups in total. The summed E-state index contributed by atoms with van der Waals surface area (Å²) in [6.07, 6.45) is 3.60. The van der Waals surface area contributed by atoms with Crippen LogP contribution in [0.25, 0.3) is 0 Å². The summed E-state index contributed by atoms with van der Waals surface area (Å²) in [7, 11) is 0.